The van der Waals surface area contributed by atoms with Crippen LogP contribution < -0.4 is 5.32 Å². The first kappa shape index (κ1) is 21.2. The number of amides is 1. The zero-order chi connectivity index (χ0) is 21.8. The molecule has 1 heterocycles. The fourth-order valence-corrected chi connectivity index (χ4v) is 3.20. The Kier molecular flexibility index (Phi) is 6.25. The lowest BCUT2D eigenvalue weighted by Crippen LogP contribution is -2.35. The van der Waals surface area contributed by atoms with Gasteiger partial charge in [-0.2, -0.15) is 5.10 Å². The summed E-state index contributed by atoms with van der Waals surface area (Å²) < 4.78 is 33.2. The van der Waals surface area contributed by atoms with Gasteiger partial charge in [0.1, 0.15) is 11.6 Å². The van der Waals surface area contributed by atoms with Crippen molar-refractivity contribution in [3.8, 4) is 5.69 Å². The second-order valence-corrected chi connectivity index (χ2v) is 6.64. The summed E-state index contributed by atoms with van der Waals surface area (Å²) in [7, 11) is 0. The molecule has 1 unspecified atom stereocenters. The molecule has 8 heteroatoms. The van der Waals surface area contributed by atoms with E-state index in [1.165, 1.54) is 24.3 Å². The van der Waals surface area contributed by atoms with Crippen molar-refractivity contribution < 1.29 is 23.1 Å². The minimum Gasteiger partial charge on any atom is -0.464 e. The first-order valence-electron chi connectivity index (χ1n) is 9.37. The molecule has 0 saturated carbocycles. The maximum atomic E-state index is 13.3. The smallest absolute Gasteiger partial charge is 0.333 e. The molecule has 1 aromatic heterocycles. The van der Waals surface area contributed by atoms with Gasteiger partial charge in [-0.05, 0) is 69.3 Å². The Hall–Kier alpha value is -3.55. The van der Waals surface area contributed by atoms with E-state index in [4.69, 9.17) is 4.74 Å². The second kappa shape index (κ2) is 8.86. The predicted molar refractivity (Wildman–Crippen MR) is 106 cm³/mol. The van der Waals surface area contributed by atoms with Crippen LogP contribution in [0.25, 0.3) is 5.69 Å². The van der Waals surface area contributed by atoms with E-state index >= 15 is 0 Å². The first-order chi connectivity index (χ1) is 14.3. The van der Waals surface area contributed by atoms with Crippen LogP contribution in [0.5, 0.6) is 0 Å². The number of esters is 1. The van der Waals surface area contributed by atoms with Gasteiger partial charge in [0.25, 0.3) is 5.91 Å². The van der Waals surface area contributed by atoms with E-state index in [0.717, 1.165) is 12.1 Å². The van der Waals surface area contributed by atoms with Crippen molar-refractivity contribution in [3.05, 3.63) is 82.7 Å². The van der Waals surface area contributed by atoms with E-state index in [9.17, 15) is 18.4 Å². The number of aryl methyl sites for hydroxylation is 1. The molecular weight excluding hydrogens is 392 g/mol. The predicted octanol–water partition coefficient (Wildman–Crippen LogP) is 3.80. The van der Waals surface area contributed by atoms with Crippen LogP contribution in [-0.2, 0) is 9.53 Å². The van der Waals surface area contributed by atoms with Crippen LogP contribution in [0.2, 0.25) is 0 Å². The molecule has 1 atom stereocenters. The van der Waals surface area contributed by atoms with E-state index in [0.29, 0.717) is 22.6 Å². The highest BCUT2D eigenvalue weighted by Crippen LogP contribution is 2.26. The molecule has 156 valence electrons. The third-order valence-corrected chi connectivity index (χ3v) is 4.61. The summed E-state index contributed by atoms with van der Waals surface area (Å²) in [6, 6.07) is 9.62. The van der Waals surface area contributed by atoms with Crippen molar-refractivity contribution in [1.82, 2.24) is 15.1 Å². The van der Waals surface area contributed by atoms with Crippen LogP contribution in [0, 0.1) is 25.5 Å². The minimum atomic E-state index is -1.11. The third kappa shape index (κ3) is 4.37. The van der Waals surface area contributed by atoms with Crippen LogP contribution in [0.15, 0.2) is 48.5 Å². The number of nitrogens with zero attached hydrogens (tertiary/aromatic N) is 2. The highest BCUT2D eigenvalue weighted by molar-refractivity contribution is 5.97. The summed E-state index contributed by atoms with van der Waals surface area (Å²) in [5.74, 6) is -2.04. The first-order valence-corrected chi connectivity index (χ1v) is 9.37. The number of halogens is 2. The number of carbonyl (C=O) groups excluding carboxylic acids is 2. The molecule has 3 aromatic rings. The number of aromatic nitrogens is 2. The Balaban J connectivity index is 1.99. The Morgan fingerprint density at radius 1 is 1.03 bits per heavy atom. The van der Waals surface area contributed by atoms with Crippen molar-refractivity contribution in [3.63, 3.8) is 0 Å². The van der Waals surface area contributed by atoms with Gasteiger partial charge >= 0.3 is 5.97 Å². The largest absolute Gasteiger partial charge is 0.464 e. The van der Waals surface area contributed by atoms with Crippen LogP contribution in [0.3, 0.4) is 0 Å². The summed E-state index contributed by atoms with van der Waals surface area (Å²) in [4.78, 5) is 25.4. The molecule has 0 bridgehead atoms. The molecule has 0 aliphatic heterocycles. The summed E-state index contributed by atoms with van der Waals surface area (Å²) in [5.41, 5.74) is 2.39. The molecule has 3 rings (SSSR count). The molecule has 0 aliphatic rings. The number of hydrogen-bond donors (Lipinski definition) is 1. The maximum Gasteiger partial charge on any atom is 0.333 e. The summed E-state index contributed by atoms with van der Waals surface area (Å²) in [6.07, 6.45) is 0. The monoisotopic (exact) mass is 413 g/mol. The Labute approximate surface area is 172 Å². The van der Waals surface area contributed by atoms with Crippen LogP contribution in [0.1, 0.15) is 40.3 Å². The topological polar surface area (TPSA) is 73.2 Å². The SMILES string of the molecule is CCOC(=O)C(NC(=O)c1ccc(F)cc1)c1c(C)nn(-c2ccc(F)cc2)c1C. The number of hydrogen-bond acceptors (Lipinski definition) is 4. The fourth-order valence-electron chi connectivity index (χ4n) is 3.20. The van der Waals surface area contributed by atoms with Crippen LogP contribution >= 0.6 is 0 Å². The van der Waals surface area contributed by atoms with E-state index in [1.807, 2.05) is 0 Å². The molecule has 0 saturated heterocycles. The molecule has 1 N–H and O–H groups in total. The van der Waals surface area contributed by atoms with Gasteiger partial charge in [-0.15, -0.1) is 0 Å². The standard InChI is InChI=1S/C22H21F2N3O3/c1-4-30-22(29)20(25-21(28)15-5-7-16(23)8-6-15)19-13(2)26-27(14(19)3)18-11-9-17(24)10-12-18/h5-12,20H,4H2,1-3H3,(H,25,28). The molecule has 0 fully saturated rings. The van der Waals surface area contributed by atoms with Gasteiger partial charge in [-0.3, -0.25) is 4.79 Å². The van der Waals surface area contributed by atoms with Gasteiger partial charge in [-0.25, -0.2) is 18.3 Å². The molecule has 2 aromatic carbocycles. The normalized spacial score (nSPS) is 11.8. The average Bonchev–Trinajstić information content (AvgIpc) is 3.01. The quantitative estimate of drug-likeness (QED) is 0.624. The van der Waals surface area contributed by atoms with Crippen molar-refractivity contribution in [1.29, 1.82) is 0 Å². The lowest BCUT2D eigenvalue weighted by atomic mass is 10.0. The van der Waals surface area contributed by atoms with Crippen molar-refractivity contribution in [2.75, 3.05) is 6.61 Å². The van der Waals surface area contributed by atoms with Gasteiger partial charge in [-0.1, -0.05) is 0 Å². The summed E-state index contributed by atoms with van der Waals surface area (Å²) in [6.45, 7) is 5.25. The molecule has 0 radical (unpaired) electrons. The zero-order valence-electron chi connectivity index (χ0n) is 16.8. The lowest BCUT2D eigenvalue weighted by Gasteiger charge is -2.18. The molecule has 0 aliphatic carbocycles. The molecule has 30 heavy (non-hydrogen) atoms. The van der Waals surface area contributed by atoms with Gasteiger partial charge in [0.15, 0.2) is 6.04 Å². The Morgan fingerprint density at radius 2 is 1.60 bits per heavy atom. The number of rotatable bonds is 6. The number of nitrogens with one attached hydrogen (secondary N) is 1. The lowest BCUT2D eigenvalue weighted by molar-refractivity contribution is -0.145. The summed E-state index contributed by atoms with van der Waals surface area (Å²) >= 11 is 0. The Morgan fingerprint density at radius 3 is 2.17 bits per heavy atom. The van der Waals surface area contributed by atoms with Gasteiger partial charge in [0, 0.05) is 16.8 Å². The highest BCUT2D eigenvalue weighted by Gasteiger charge is 2.30. The van der Waals surface area contributed by atoms with E-state index < -0.39 is 23.7 Å². The third-order valence-electron chi connectivity index (χ3n) is 4.61. The van der Waals surface area contributed by atoms with Crippen molar-refractivity contribution in [2.24, 2.45) is 0 Å². The van der Waals surface area contributed by atoms with Gasteiger partial charge in [0.2, 0.25) is 0 Å². The van der Waals surface area contributed by atoms with Crippen LogP contribution in [-0.4, -0.2) is 28.3 Å². The molecular formula is C22H21F2N3O3. The number of ether oxygens (including phenoxy) is 1. The zero-order valence-corrected chi connectivity index (χ0v) is 16.8. The summed E-state index contributed by atoms with van der Waals surface area (Å²) in [5, 5.41) is 7.11. The van der Waals surface area contributed by atoms with E-state index in [2.05, 4.69) is 10.4 Å². The molecule has 0 spiro atoms. The van der Waals surface area contributed by atoms with Crippen molar-refractivity contribution >= 4 is 11.9 Å². The second-order valence-electron chi connectivity index (χ2n) is 6.64. The van der Waals surface area contributed by atoms with Gasteiger partial charge in [0.05, 0.1) is 18.0 Å². The minimum absolute atomic E-state index is 0.131. The average molecular weight is 413 g/mol. The van der Waals surface area contributed by atoms with Gasteiger partial charge < -0.3 is 10.1 Å². The fraction of sp³-hybridized carbons (Fsp3) is 0.227. The maximum absolute atomic E-state index is 13.3. The van der Waals surface area contributed by atoms with Crippen LogP contribution in [0.4, 0.5) is 8.78 Å². The van der Waals surface area contributed by atoms with E-state index in [1.54, 1.807) is 37.6 Å². The van der Waals surface area contributed by atoms with Crippen molar-refractivity contribution in [2.45, 2.75) is 26.8 Å². The number of benzene rings is 2. The molecule has 1 amide bonds. The highest BCUT2D eigenvalue weighted by atomic mass is 19.1. The number of carbonyl (C=O) groups is 2. The van der Waals surface area contributed by atoms with E-state index in [-0.39, 0.29) is 18.0 Å². The molecule has 6 nitrogen and oxygen atoms in total. The Bertz CT molecular complexity index is 1060.